The van der Waals surface area contributed by atoms with Crippen LogP contribution in [0, 0.1) is 5.82 Å². The molecule has 2 N–H and O–H groups in total. The number of halogens is 1. The van der Waals surface area contributed by atoms with Crippen LogP contribution in [0.3, 0.4) is 0 Å². The number of nitrogens with one attached hydrogen (secondary N) is 1. The van der Waals surface area contributed by atoms with Gasteiger partial charge in [0.05, 0.1) is 22.8 Å². The average molecular weight is 428 g/mol. The second kappa shape index (κ2) is 9.51. The Morgan fingerprint density at radius 2 is 1.57 bits per heavy atom. The molecule has 0 saturated carbocycles. The van der Waals surface area contributed by atoms with E-state index in [1.807, 2.05) is 30.3 Å². The molecule has 0 saturated heterocycles. The van der Waals surface area contributed by atoms with Crippen molar-refractivity contribution < 1.29 is 22.7 Å². The predicted octanol–water partition coefficient (Wildman–Crippen LogP) is 3.26. The number of amides is 1. The molecule has 156 valence electrons. The van der Waals surface area contributed by atoms with Gasteiger partial charge in [-0.05, 0) is 42.0 Å². The Bertz CT molecular complexity index is 1100. The van der Waals surface area contributed by atoms with E-state index in [-0.39, 0.29) is 35.8 Å². The van der Waals surface area contributed by atoms with Crippen molar-refractivity contribution in [1.29, 1.82) is 0 Å². The molecule has 0 unspecified atom stereocenters. The van der Waals surface area contributed by atoms with Crippen LogP contribution >= 0.6 is 0 Å². The van der Waals surface area contributed by atoms with Gasteiger partial charge >= 0.3 is 0 Å². The smallest absolute Gasteiger partial charge is 0.261 e. The quantitative estimate of drug-likeness (QED) is 0.577. The van der Waals surface area contributed by atoms with Crippen LogP contribution in [-0.2, 0) is 16.6 Å². The molecule has 3 rings (SSSR count). The summed E-state index contributed by atoms with van der Waals surface area (Å²) in [5.41, 5.74) is 1.12. The normalized spacial score (nSPS) is 11.1. The summed E-state index contributed by atoms with van der Waals surface area (Å²) in [5, 5.41) is 9.40. The Balaban J connectivity index is 1.89. The van der Waals surface area contributed by atoms with Crippen molar-refractivity contribution in [3.63, 3.8) is 0 Å². The fourth-order valence-corrected chi connectivity index (χ4v) is 4.00. The van der Waals surface area contributed by atoms with E-state index in [1.54, 1.807) is 12.1 Å². The summed E-state index contributed by atoms with van der Waals surface area (Å²) in [6, 6.07) is 19.9. The zero-order chi connectivity index (χ0) is 21.6. The molecule has 30 heavy (non-hydrogen) atoms. The molecule has 6 nitrogen and oxygen atoms in total. The van der Waals surface area contributed by atoms with Crippen molar-refractivity contribution in [3.8, 4) is 0 Å². The van der Waals surface area contributed by atoms with Gasteiger partial charge in [0.2, 0.25) is 0 Å². The number of rotatable bonds is 8. The maximum Gasteiger partial charge on any atom is 0.261 e. The first kappa shape index (κ1) is 21.5. The molecule has 0 fully saturated rings. The zero-order valence-corrected chi connectivity index (χ0v) is 16.8. The third kappa shape index (κ3) is 5.22. The van der Waals surface area contributed by atoms with E-state index in [9.17, 15) is 22.7 Å². The molecule has 0 bridgehead atoms. The molecule has 3 aromatic rings. The highest BCUT2D eigenvalue weighted by Crippen LogP contribution is 2.22. The van der Waals surface area contributed by atoms with Gasteiger partial charge in [0.1, 0.15) is 5.82 Å². The standard InChI is InChI=1S/C22H21FN2O4S/c23-18-10-12-19(13-11-18)30(28,29)24-21-9-5-4-8-20(21)22(27)25(14-15-26)16-17-6-2-1-3-7-17/h1-13,24,26H,14-16H2. The number of aliphatic hydroxyl groups excluding tert-OH is 1. The highest BCUT2D eigenvalue weighted by atomic mass is 32.2. The number of sulfonamides is 1. The number of benzene rings is 3. The van der Waals surface area contributed by atoms with E-state index in [0.717, 1.165) is 29.8 Å². The third-order valence-corrected chi connectivity index (χ3v) is 5.78. The Labute approximate surface area is 174 Å². The molecular formula is C22H21FN2O4S. The summed E-state index contributed by atoms with van der Waals surface area (Å²) in [5.74, 6) is -0.976. The topological polar surface area (TPSA) is 86.7 Å². The van der Waals surface area contributed by atoms with Crippen molar-refractivity contribution in [2.45, 2.75) is 11.4 Å². The van der Waals surface area contributed by atoms with Crippen LogP contribution in [0.15, 0.2) is 83.8 Å². The van der Waals surface area contributed by atoms with Crippen LogP contribution in [0.1, 0.15) is 15.9 Å². The molecule has 0 spiro atoms. The minimum absolute atomic E-state index is 0.0901. The number of para-hydroxylation sites is 1. The SMILES string of the molecule is O=C(c1ccccc1NS(=O)(=O)c1ccc(F)cc1)N(CCO)Cc1ccccc1. The van der Waals surface area contributed by atoms with E-state index < -0.39 is 21.7 Å². The molecule has 1 amide bonds. The Morgan fingerprint density at radius 1 is 0.933 bits per heavy atom. The molecule has 0 aromatic heterocycles. The van der Waals surface area contributed by atoms with Gasteiger partial charge in [-0.1, -0.05) is 42.5 Å². The summed E-state index contributed by atoms with van der Waals surface area (Å²) in [7, 11) is -4.02. The van der Waals surface area contributed by atoms with Crippen LogP contribution in [0.25, 0.3) is 0 Å². The van der Waals surface area contributed by atoms with Crippen molar-refractivity contribution >= 4 is 21.6 Å². The molecule has 0 atom stereocenters. The van der Waals surface area contributed by atoms with Crippen LogP contribution < -0.4 is 4.72 Å². The van der Waals surface area contributed by atoms with E-state index in [4.69, 9.17) is 0 Å². The van der Waals surface area contributed by atoms with E-state index >= 15 is 0 Å². The van der Waals surface area contributed by atoms with Crippen molar-refractivity contribution in [1.82, 2.24) is 4.90 Å². The lowest BCUT2D eigenvalue weighted by atomic mass is 10.1. The molecule has 0 radical (unpaired) electrons. The van der Waals surface area contributed by atoms with Crippen molar-refractivity contribution in [3.05, 3.63) is 95.8 Å². The number of hydrogen-bond donors (Lipinski definition) is 2. The minimum Gasteiger partial charge on any atom is -0.395 e. The highest BCUT2D eigenvalue weighted by molar-refractivity contribution is 7.92. The van der Waals surface area contributed by atoms with Crippen LogP contribution in [0.4, 0.5) is 10.1 Å². The highest BCUT2D eigenvalue weighted by Gasteiger charge is 2.22. The van der Waals surface area contributed by atoms with Gasteiger partial charge in [0, 0.05) is 13.1 Å². The van der Waals surface area contributed by atoms with Crippen LogP contribution in [-0.4, -0.2) is 37.5 Å². The van der Waals surface area contributed by atoms with E-state index in [1.165, 1.54) is 17.0 Å². The number of hydrogen-bond acceptors (Lipinski definition) is 4. The minimum atomic E-state index is -4.02. The van der Waals surface area contributed by atoms with Gasteiger partial charge in [0.25, 0.3) is 15.9 Å². The molecule has 8 heteroatoms. The Hall–Kier alpha value is -3.23. The molecule has 0 aliphatic heterocycles. The van der Waals surface area contributed by atoms with Crippen molar-refractivity contribution in [2.75, 3.05) is 17.9 Å². The third-order valence-electron chi connectivity index (χ3n) is 4.40. The molecule has 0 heterocycles. The molecule has 3 aromatic carbocycles. The molecule has 0 aliphatic rings. The number of carbonyl (C=O) groups is 1. The summed E-state index contributed by atoms with van der Waals surface area (Å²) in [4.78, 5) is 14.5. The number of aliphatic hydroxyl groups is 1. The first-order valence-corrected chi connectivity index (χ1v) is 10.7. The van der Waals surface area contributed by atoms with Crippen LogP contribution in [0.2, 0.25) is 0 Å². The van der Waals surface area contributed by atoms with Gasteiger partial charge < -0.3 is 10.0 Å². The first-order valence-electron chi connectivity index (χ1n) is 9.22. The van der Waals surface area contributed by atoms with E-state index in [2.05, 4.69) is 4.72 Å². The lowest BCUT2D eigenvalue weighted by Gasteiger charge is -2.23. The van der Waals surface area contributed by atoms with Gasteiger partial charge in [-0.2, -0.15) is 0 Å². The maximum atomic E-state index is 13.2. The number of anilines is 1. The number of carbonyl (C=O) groups excluding carboxylic acids is 1. The lowest BCUT2D eigenvalue weighted by molar-refractivity contribution is 0.0709. The van der Waals surface area contributed by atoms with Crippen molar-refractivity contribution in [2.24, 2.45) is 0 Å². The number of nitrogens with zero attached hydrogens (tertiary/aromatic N) is 1. The molecular weight excluding hydrogens is 407 g/mol. The second-order valence-electron chi connectivity index (χ2n) is 6.54. The summed E-state index contributed by atoms with van der Waals surface area (Å²) in [6.45, 7) is 0.119. The maximum absolute atomic E-state index is 13.2. The van der Waals surface area contributed by atoms with Crippen LogP contribution in [0.5, 0.6) is 0 Å². The summed E-state index contributed by atoms with van der Waals surface area (Å²) in [6.07, 6.45) is 0. The van der Waals surface area contributed by atoms with Gasteiger partial charge in [-0.3, -0.25) is 9.52 Å². The lowest BCUT2D eigenvalue weighted by Crippen LogP contribution is -2.33. The fraction of sp³-hybridized carbons (Fsp3) is 0.136. The molecule has 0 aliphatic carbocycles. The Morgan fingerprint density at radius 3 is 2.23 bits per heavy atom. The average Bonchev–Trinajstić information content (AvgIpc) is 2.74. The monoisotopic (exact) mass is 428 g/mol. The zero-order valence-electron chi connectivity index (χ0n) is 16.0. The second-order valence-corrected chi connectivity index (χ2v) is 8.22. The largest absolute Gasteiger partial charge is 0.395 e. The fourth-order valence-electron chi connectivity index (χ4n) is 2.92. The summed E-state index contributed by atoms with van der Waals surface area (Å²) < 4.78 is 40.9. The van der Waals surface area contributed by atoms with Gasteiger partial charge in [0.15, 0.2) is 0 Å². The first-order chi connectivity index (χ1) is 14.4. The predicted molar refractivity (Wildman–Crippen MR) is 112 cm³/mol. The van der Waals surface area contributed by atoms with E-state index in [0.29, 0.717) is 0 Å². The Kier molecular flexibility index (Phi) is 6.81. The van der Waals surface area contributed by atoms with Gasteiger partial charge in [-0.15, -0.1) is 0 Å². The summed E-state index contributed by atoms with van der Waals surface area (Å²) >= 11 is 0. The van der Waals surface area contributed by atoms with Gasteiger partial charge in [-0.25, -0.2) is 12.8 Å².